The van der Waals surface area contributed by atoms with Gasteiger partial charge in [0.15, 0.2) is 0 Å². The van der Waals surface area contributed by atoms with Gasteiger partial charge in [-0.1, -0.05) is 46.9 Å². The van der Waals surface area contributed by atoms with Crippen LogP contribution in [0.15, 0.2) is 24.3 Å². The maximum absolute atomic E-state index is 11.3. The summed E-state index contributed by atoms with van der Waals surface area (Å²) in [6.45, 7) is 0. The van der Waals surface area contributed by atoms with Gasteiger partial charge in [0.2, 0.25) is 11.8 Å². The van der Waals surface area contributed by atoms with Gasteiger partial charge in [0.05, 0.1) is 5.92 Å². The van der Waals surface area contributed by atoms with E-state index in [0.717, 1.165) is 0 Å². The normalized spacial score (nSPS) is 38.2. The van der Waals surface area contributed by atoms with E-state index >= 15 is 0 Å². The highest BCUT2D eigenvalue weighted by Crippen LogP contribution is 2.38. The van der Waals surface area contributed by atoms with Gasteiger partial charge in [-0.05, 0) is 0 Å². The van der Waals surface area contributed by atoms with Gasteiger partial charge in [-0.25, -0.2) is 0 Å². The van der Waals surface area contributed by atoms with Crippen LogP contribution < -0.4 is 5.32 Å². The first-order chi connectivity index (χ1) is 5.64. The number of alkyl halides is 1. The van der Waals surface area contributed by atoms with Crippen molar-refractivity contribution < 1.29 is 9.59 Å². The Morgan fingerprint density at radius 2 is 2.17 bits per heavy atom. The molecule has 0 aromatic carbocycles. The Labute approximate surface area is 83.0 Å². The number of nitrogens with one attached hydrogen (secondary N) is 1. The van der Waals surface area contributed by atoms with Crippen molar-refractivity contribution in [1.82, 2.24) is 5.32 Å². The molecule has 1 aliphatic heterocycles. The molecule has 2 amide bonds. The fourth-order valence-corrected chi connectivity index (χ4v) is 2.23. The number of halogens is 1. The molecule has 1 fully saturated rings. The third-order valence-electron chi connectivity index (χ3n) is 2.07. The third kappa shape index (κ3) is 0.872. The fourth-order valence-electron chi connectivity index (χ4n) is 1.40. The number of hydrogen-bond donors (Lipinski definition) is 1. The summed E-state index contributed by atoms with van der Waals surface area (Å²) in [7, 11) is 0. The lowest BCUT2D eigenvalue weighted by Gasteiger charge is -2.20. The van der Waals surface area contributed by atoms with E-state index in [4.69, 9.17) is 0 Å². The van der Waals surface area contributed by atoms with Crippen molar-refractivity contribution >= 4 is 34.4 Å². The Hall–Kier alpha value is -0.650. The SMILES string of the molecule is O=C1NC(=O)[C@@]2(I)C=CC=CC12. The number of imide groups is 1. The van der Waals surface area contributed by atoms with Crippen LogP contribution in [-0.2, 0) is 9.59 Å². The lowest BCUT2D eigenvalue weighted by atomic mass is 9.91. The molecule has 0 bridgehead atoms. The number of carbonyl (C=O) groups is 2. The summed E-state index contributed by atoms with van der Waals surface area (Å²) in [6.07, 6.45) is 7.10. The lowest BCUT2D eigenvalue weighted by Crippen LogP contribution is -2.33. The van der Waals surface area contributed by atoms with E-state index in [-0.39, 0.29) is 17.7 Å². The zero-order valence-corrected chi connectivity index (χ0v) is 8.24. The zero-order valence-electron chi connectivity index (χ0n) is 6.08. The molecule has 0 radical (unpaired) electrons. The number of hydrogen-bond acceptors (Lipinski definition) is 2. The Morgan fingerprint density at radius 1 is 1.42 bits per heavy atom. The molecule has 1 aliphatic carbocycles. The summed E-state index contributed by atoms with van der Waals surface area (Å²) in [5.74, 6) is -0.732. The number of rotatable bonds is 0. The second-order valence-corrected chi connectivity index (χ2v) is 4.59. The predicted molar refractivity (Wildman–Crippen MR) is 51.7 cm³/mol. The highest BCUT2D eigenvalue weighted by atomic mass is 127. The van der Waals surface area contributed by atoms with Crippen molar-refractivity contribution in [3.63, 3.8) is 0 Å². The van der Waals surface area contributed by atoms with Gasteiger partial charge in [-0.15, -0.1) is 0 Å². The minimum Gasteiger partial charge on any atom is -0.294 e. The lowest BCUT2D eigenvalue weighted by molar-refractivity contribution is -0.125. The second kappa shape index (κ2) is 2.42. The van der Waals surface area contributed by atoms with Gasteiger partial charge in [0.25, 0.3) is 0 Å². The Kier molecular flexibility index (Phi) is 1.61. The average molecular weight is 275 g/mol. The largest absolute Gasteiger partial charge is 0.294 e. The molecule has 0 saturated carbocycles. The summed E-state index contributed by atoms with van der Waals surface area (Å²) in [6, 6.07) is 0. The summed E-state index contributed by atoms with van der Waals surface area (Å²) in [4.78, 5) is 22.5. The van der Waals surface area contributed by atoms with Crippen LogP contribution in [0.1, 0.15) is 0 Å². The smallest absolute Gasteiger partial charge is 0.247 e. The Bertz CT molecular complexity index is 321. The van der Waals surface area contributed by atoms with Crippen LogP contribution in [0.4, 0.5) is 0 Å². The molecule has 0 aromatic rings. The van der Waals surface area contributed by atoms with Gasteiger partial charge in [-0.2, -0.15) is 0 Å². The highest BCUT2D eigenvalue weighted by molar-refractivity contribution is 14.1. The summed E-state index contributed by atoms with van der Waals surface area (Å²) in [5, 5.41) is 2.31. The van der Waals surface area contributed by atoms with Crippen molar-refractivity contribution in [2.45, 2.75) is 3.42 Å². The second-order valence-electron chi connectivity index (χ2n) is 2.81. The molecular formula is C8H6INO2. The van der Waals surface area contributed by atoms with Gasteiger partial charge in [-0.3, -0.25) is 14.9 Å². The first-order valence-corrected chi connectivity index (χ1v) is 4.63. The molecule has 1 unspecified atom stereocenters. The van der Waals surface area contributed by atoms with Crippen LogP contribution in [0, 0.1) is 5.92 Å². The van der Waals surface area contributed by atoms with Crippen LogP contribution in [-0.4, -0.2) is 15.2 Å². The van der Waals surface area contributed by atoms with E-state index in [1.807, 2.05) is 22.6 Å². The predicted octanol–water partition coefficient (Wildman–Crippen LogP) is 0.559. The molecule has 62 valence electrons. The van der Waals surface area contributed by atoms with E-state index in [0.29, 0.717) is 0 Å². The molecule has 0 spiro atoms. The Balaban J connectivity index is 2.49. The van der Waals surface area contributed by atoms with E-state index < -0.39 is 3.42 Å². The van der Waals surface area contributed by atoms with E-state index in [1.54, 1.807) is 24.3 Å². The standard InChI is InChI=1S/C8H6INO2/c9-8-4-2-1-3-5(8)6(11)10-7(8)12/h1-5H,(H,10,11,12)/t5?,8-/m1/s1. The average Bonchev–Trinajstić information content (AvgIpc) is 2.25. The van der Waals surface area contributed by atoms with Gasteiger partial charge in [0, 0.05) is 0 Å². The van der Waals surface area contributed by atoms with Crippen LogP contribution in [0.2, 0.25) is 0 Å². The minimum atomic E-state index is -0.677. The maximum Gasteiger partial charge on any atom is 0.247 e. The minimum absolute atomic E-state index is 0.199. The van der Waals surface area contributed by atoms with Gasteiger partial charge < -0.3 is 0 Å². The van der Waals surface area contributed by atoms with Crippen LogP contribution in [0.3, 0.4) is 0 Å². The zero-order chi connectivity index (χ0) is 8.77. The van der Waals surface area contributed by atoms with Gasteiger partial charge >= 0.3 is 0 Å². The van der Waals surface area contributed by atoms with Crippen LogP contribution >= 0.6 is 22.6 Å². The van der Waals surface area contributed by atoms with Crippen molar-refractivity contribution in [2.24, 2.45) is 5.92 Å². The fraction of sp³-hybridized carbons (Fsp3) is 0.250. The molecule has 1 heterocycles. The van der Waals surface area contributed by atoms with E-state index in [2.05, 4.69) is 5.32 Å². The van der Waals surface area contributed by atoms with E-state index in [9.17, 15) is 9.59 Å². The monoisotopic (exact) mass is 275 g/mol. The number of carbonyl (C=O) groups excluding carboxylic acids is 2. The summed E-state index contributed by atoms with van der Waals surface area (Å²) >= 11 is 2.01. The molecule has 2 atom stereocenters. The molecule has 2 rings (SSSR count). The number of fused-ring (bicyclic) bond motifs is 1. The number of amides is 2. The van der Waals surface area contributed by atoms with Crippen LogP contribution in [0.25, 0.3) is 0 Å². The first kappa shape index (κ1) is 7.97. The van der Waals surface area contributed by atoms with Gasteiger partial charge in [0.1, 0.15) is 3.42 Å². The number of allylic oxidation sites excluding steroid dienone is 2. The topological polar surface area (TPSA) is 46.2 Å². The van der Waals surface area contributed by atoms with Crippen molar-refractivity contribution in [3.8, 4) is 0 Å². The summed E-state index contributed by atoms with van der Waals surface area (Å²) in [5.41, 5.74) is 0. The van der Waals surface area contributed by atoms with Crippen molar-refractivity contribution in [1.29, 1.82) is 0 Å². The van der Waals surface area contributed by atoms with E-state index in [1.165, 1.54) is 0 Å². The molecular weight excluding hydrogens is 269 g/mol. The van der Waals surface area contributed by atoms with Crippen LogP contribution in [0.5, 0.6) is 0 Å². The molecule has 1 N–H and O–H groups in total. The molecule has 12 heavy (non-hydrogen) atoms. The van der Waals surface area contributed by atoms with Crippen molar-refractivity contribution in [2.75, 3.05) is 0 Å². The molecule has 2 aliphatic rings. The third-order valence-corrected chi connectivity index (χ3v) is 3.59. The maximum atomic E-state index is 11.3. The summed E-state index contributed by atoms with van der Waals surface area (Å²) < 4.78 is -0.677. The quantitative estimate of drug-likeness (QED) is 0.399. The first-order valence-electron chi connectivity index (χ1n) is 3.55. The molecule has 4 heteroatoms. The molecule has 3 nitrogen and oxygen atoms in total. The van der Waals surface area contributed by atoms with Crippen molar-refractivity contribution in [3.05, 3.63) is 24.3 Å². The Morgan fingerprint density at radius 3 is 2.83 bits per heavy atom. The molecule has 0 aromatic heterocycles. The highest BCUT2D eigenvalue weighted by Gasteiger charge is 2.51. The molecule has 1 saturated heterocycles.